The predicted molar refractivity (Wildman–Crippen MR) is 93.4 cm³/mol. The maximum atomic E-state index is 9.38. The van der Waals surface area contributed by atoms with E-state index in [0.717, 1.165) is 36.9 Å². The van der Waals surface area contributed by atoms with Crippen LogP contribution >= 0.6 is 22.7 Å². The molecule has 0 saturated carbocycles. The van der Waals surface area contributed by atoms with Gasteiger partial charge in [-0.25, -0.2) is 4.98 Å². The molecule has 1 aliphatic heterocycles. The molecule has 0 aliphatic carbocycles. The highest BCUT2D eigenvalue weighted by molar-refractivity contribution is 7.20. The van der Waals surface area contributed by atoms with Crippen molar-refractivity contribution in [2.45, 2.75) is 25.4 Å². The third-order valence-electron chi connectivity index (χ3n) is 4.24. The van der Waals surface area contributed by atoms with E-state index in [1.54, 1.807) is 22.7 Å². The van der Waals surface area contributed by atoms with Crippen LogP contribution in [0.4, 0.5) is 0 Å². The molecule has 1 aliphatic rings. The Balaban J connectivity index is 1.66. The van der Waals surface area contributed by atoms with Gasteiger partial charge in [0.25, 0.3) is 0 Å². The first-order valence-electron chi connectivity index (χ1n) is 7.78. The summed E-state index contributed by atoms with van der Waals surface area (Å²) < 4.78 is 0. The van der Waals surface area contributed by atoms with Gasteiger partial charge in [-0.2, -0.15) is 0 Å². The highest BCUT2D eigenvalue weighted by Crippen LogP contribution is 2.28. The first-order valence-corrected chi connectivity index (χ1v) is 9.54. The van der Waals surface area contributed by atoms with Crippen molar-refractivity contribution in [3.8, 4) is 9.88 Å². The average Bonchev–Trinajstić information content (AvgIpc) is 3.18. The van der Waals surface area contributed by atoms with E-state index in [1.807, 2.05) is 0 Å². The standard InChI is InChI=1S/C16H23N3OS2/c1-18-6-4-14(5-7-18)19(8-9-20)11-13-12-22-16(17-13)15-3-2-10-21-15/h2-3,10,12,14,20H,4-9,11H2,1H3. The summed E-state index contributed by atoms with van der Waals surface area (Å²) in [6.07, 6.45) is 2.36. The zero-order valence-electron chi connectivity index (χ0n) is 12.9. The fourth-order valence-corrected chi connectivity index (χ4v) is 4.61. The second-order valence-electron chi connectivity index (χ2n) is 5.85. The molecular formula is C16H23N3OS2. The molecule has 0 bridgehead atoms. The minimum Gasteiger partial charge on any atom is -0.395 e. The van der Waals surface area contributed by atoms with Crippen LogP contribution < -0.4 is 0 Å². The maximum absolute atomic E-state index is 9.38. The van der Waals surface area contributed by atoms with E-state index >= 15 is 0 Å². The van der Waals surface area contributed by atoms with E-state index in [-0.39, 0.29) is 6.61 Å². The first kappa shape index (κ1) is 16.1. The summed E-state index contributed by atoms with van der Waals surface area (Å²) in [5.41, 5.74) is 1.13. The van der Waals surface area contributed by atoms with Crippen LogP contribution in [0.1, 0.15) is 18.5 Å². The molecule has 2 aromatic rings. The lowest BCUT2D eigenvalue weighted by molar-refractivity contribution is 0.0933. The number of hydrogen-bond donors (Lipinski definition) is 1. The number of thiazole rings is 1. The largest absolute Gasteiger partial charge is 0.395 e. The number of likely N-dealkylation sites (tertiary alicyclic amines) is 1. The van der Waals surface area contributed by atoms with Crippen LogP contribution in [-0.2, 0) is 6.54 Å². The molecule has 1 saturated heterocycles. The normalized spacial score (nSPS) is 17.4. The van der Waals surface area contributed by atoms with E-state index in [4.69, 9.17) is 4.98 Å². The Labute approximate surface area is 140 Å². The lowest BCUT2D eigenvalue weighted by atomic mass is 10.0. The monoisotopic (exact) mass is 337 g/mol. The van der Waals surface area contributed by atoms with Gasteiger partial charge in [0.2, 0.25) is 0 Å². The van der Waals surface area contributed by atoms with Crippen molar-refractivity contribution in [3.63, 3.8) is 0 Å². The van der Waals surface area contributed by atoms with Gasteiger partial charge >= 0.3 is 0 Å². The van der Waals surface area contributed by atoms with Gasteiger partial charge in [-0.15, -0.1) is 22.7 Å². The number of nitrogens with zero attached hydrogens (tertiary/aromatic N) is 3. The molecule has 3 rings (SSSR count). The summed E-state index contributed by atoms with van der Waals surface area (Å²) in [7, 11) is 2.18. The zero-order chi connectivity index (χ0) is 15.4. The predicted octanol–water partition coefficient (Wildman–Crippen LogP) is 2.76. The fourth-order valence-electron chi connectivity index (χ4n) is 2.98. The Morgan fingerprint density at radius 3 is 2.86 bits per heavy atom. The molecule has 120 valence electrons. The summed E-state index contributed by atoms with van der Waals surface area (Å²) in [5.74, 6) is 0. The third kappa shape index (κ3) is 3.94. The van der Waals surface area contributed by atoms with Crippen LogP contribution in [0.25, 0.3) is 9.88 Å². The molecule has 1 fully saturated rings. The van der Waals surface area contributed by atoms with E-state index in [9.17, 15) is 5.11 Å². The van der Waals surface area contributed by atoms with Crippen LogP contribution in [-0.4, -0.2) is 59.2 Å². The number of thiophene rings is 1. The molecule has 0 spiro atoms. The number of aliphatic hydroxyl groups excluding tert-OH is 1. The zero-order valence-corrected chi connectivity index (χ0v) is 14.6. The van der Waals surface area contributed by atoms with Gasteiger partial charge < -0.3 is 10.0 Å². The molecule has 6 heteroatoms. The van der Waals surface area contributed by atoms with Crippen LogP contribution in [0.2, 0.25) is 0 Å². The highest BCUT2D eigenvalue weighted by atomic mass is 32.1. The van der Waals surface area contributed by atoms with Gasteiger partial charge in [0.1, 0.15) is 5.01 Å². The Morgan fingerprint density at radius 2 is 2.18 bits per heavy atom. The molecule has 0 atom stereocenters. The Hall–Kier alpha value is -0.790. The van der Waals surface area contributed by atoms with Crippen molar-refractivity contribution < 1.29 is 5.11 Å². The molecule has 0 radical (unpaired) electrons. The molecule has 22 heavy (non-hydrogen) atoms. The fraction of sp³-hybridized carbons (Fsp3) is 0.562. The lowest BCUT2D eigenvalue weighted by Crippen LogP contribution is -2.44. The van der Waals surface area contributed by atoms with Crippen molar-refractivity contribution in [2.75, 3.05) is 33.3 Å². The van der Waals surface area contributed by atoms with Gasteiger partial charge in [-0.05, 0) is 44.4 Å². The van der Waals surface area contributed by atoms with Gasteiger partial charge in [0.05, 0.1) is 17.2 Å². The van der Waals surface area contributed by atoms with E-state index in [1.165, 1.54) is 17.7 Å². The summed E-state index contributed by atoms with van der Waals surface area (Å²) in [6.45, 7) is 4.08. The van der Waals surface area contributed by atoms with Crippen LogP contribution in [0, 0.1) is 0 Å². The van der Waals surface area contributed by atoms with E-state index in [2.05, 4.69) is 39.7 Å². The summed E-state index contributed by atoms with van der Waals surface area (Å²) in [5, 5.41) is 14.7. The second kappa shape index (κ2) is 7.66. The molecule has 1 N–H and O–H groups in total. The van der Waals surface area contributed by atoms with Crippen molar-refractivity contribution in [1.29, 1.82) is 0 Å². The number of aromatic nitrogens is 1. The topological polar surface area (TPSA) is 39.6 Å². The molecular weight excluding hydrogens is 314 g/mol. The molecule has 0 unspecified atom stereocenters. The Kier molecular flexibility index (Phi) is 5.60. The molecule has 0 aromatic carbocycles. The summed E-state index contributed by atoms with van der Waals surface area (Å²) in [6, 6.07) is 4.75. The number of rotatable bonds is 6. The van der Waals surface area contributed by atoms with Gasteiger partial charge in [-0.1, -0.05) is 6.07 Å². The maximum Gasteiger partial charge on any atom is 0.133 e. The third-order valence-corrected chi connectivity index (χ3v) is 6.17. The lowest BCUT2D eigenvalue weighted by Gasteiger charge is -2.36. The molecule has 2 aromatic heterocycles. The smallest absolute Gasteiger partial charge is 0.133 e. The van der Waals surface area contributed by atoms with Gasteiger partial charge in [0, 0.05) is 24.5 Å². The van der Waals surface area contributed by atoms with Gasteiger partial charge in [0.15, 0.2) is 0 Å². The second-order valence-corrected chi connectivity index (χ2v) is 7.66. The SMILES string of the molecule is CN1CCC(N(CCO)Cc2csc(-c3cccs3)n2)CC1. The first-order chi connectivity index (χ1) is 10.8. The minimum atomic E-state index is 0.217. The summed E-state index contributed by atoms with van der Waals surface area (Å²) in [4.78, 5) is 10.8. The Morgan fingerprint density at radius 1 is 1.36 bits per heavy atom. The molecule has 3 heterocycles. The number of aliphatic hydroxyl groups is 1. The van der Waals surface area contributed by atoms with E-state index < -0.39 is 0 Å². The van der Waals surface area contributed by atoms with Crippen molar-refractivity contribution in [2.24, 2.45) is 0 Å². The number of hydrogen-bond acceptors (Lipinski definition) is 6. The van der Waals surface area contributed by atoms with Gasteiger partial charge in [-0.3, -0.25) is 4.90 Å². The van der Waals surface area contributed by atoms with Crippen LogP contribution in [0.15, 0.2) is 22.9 Å². The number of piperidine rings is 1. The minimum absolute atomic E-state index is 0.217. The van der Waals surface area contributed by atoms with Crippen LogP contribution in [0.5, 0.6) is 0 Å². The van der Waals surface area contributed by atoms with E-state index in [0.29, 0.717) is 6.04 Å². The van der Waals surface area contributed by atoms with Crippen LogP contribution in [0.3, 0.4) is 0 Å². The quantitative estimate of drug-likeness (QED) is 0.880. The molecule has 0 amide bonds. The van der Waals surface area contributed by atoms with Crippen molar-refractivity contribution >= 4 is 22.7 Å². The highest BCUT2D eigenvalue weighted by Gasteiger charge is 2.23. The average molecular weight is 338 g/mol. The molecule has 4 nitrogen and oxygen atoms in total. The summed E-state index contributed by atoms with van der Waals surface area (Å²) >= 11 is 3.45. The Bertz CT molecular complexity index is 562. The van der Waals surface area contributed by atoms with Crippen molar-refractivity contribution in [3.05, 3.63) is 28.6 Å². The van der Waals surface area contributed by atoms with Crippen molar-refractivity contribution in [1.82, 2.24) is 14.8 Å².